The summed E-state index contributed by atoms with van der Waals surface area (Å²) in [6.07, 6.45) is 0. The summed E-state index contributed by atoms with van der Waals surface area (Å²) in [5.74, 6) is 0. The van der Waals surface area contributed by atoms with E-state index < -0.39 is 0 Å². The van der Waals surface area contributed by atoms with E-state index >= 15 is 0 Å². The van der Waals surface area contributed by atoms with Gasteiger partial charge in [0.1, 0.15) is 10.7 Å². The number of nitriles is 1. The van der Waals surface area contributed by atoms with E-state index in [9.17, 15) is 5.26 Å². The van der Waals surface area contributed by atoms with E-state index in [0.29, 0.717) is 10.2 Å². The van der Waals surface area contributed by atoms with Gasteiger partial charge >= 0.3 is 0 Å². The number of aromatic amines is 1. The third-order valence-corrected chi connectivity index (χ3v) is 3.63. The average Bonchev–Trinajstić information content (AvgIpc) is 2.56. The smallest absolute Gasteiger partial charge is 0.121 e. The van der Waals surface area contributed by atoms with Crippen LogP contribution in [-0.2, 0) is 0 Å². The number of nitrogens with one attached hydrogen (secondary N) is 1. The minimum Gasteiger partial charge on any atom is -0.345 e. The zero-order chi connectivity index (χ0) is 14.7. The third-order valence-electron chi connectivity index (χ3n) is 3.31. The molecule has 0 aliphatic carbocycles. The number of hydrogen-bond acceptors (Lipinski definition) is 2. The summed E-state index contributed by atoms with van der Waals surface area (Å²) in [6.45, 7) is 0. The van der Waals surface area contributed by atoms with Crippen molar-refractivity contribution < 1.29 is 0 Å². The summed E-state index contributed by atoms with van der Waals surface area (Å²) in [5.41, 5.74) is 4.51. The van der Waals surface area contributed by atoms with Crippen LogP contribution in [0.4, 0.5) is 0 Å². The lowest BCUT2D eigenvalue weighted by Crippen LogP contribution is -1.93. The van der Waals surface area contributed by atoms with Crippen molar-refractivity contribution >= 4 is 12.2 Å². The van der Waals surface area contributed by atoms with E-state index in [0.717, 1.165) is 22.4 Å². The monoisotopic (exact) mass is 288 g/mol. The van der Waals surface area contributed by atoms with Gasteiger partial charge in [0, 0.05) is 5.56 Å². The molecule has 3 aromatic rings. The van der Waals surface area contributed by atoms with Gasteiger partial charge in [-0.2, -0.15) is 5.26 Å². The highest BCUT2D eigenvalue weighted by atomic mass is 32.1. The van der Waals surface area contributed by atoms with Crippen LogP contribution >= 0.6 is 12.2 Å². The first-order valence-corrected chi connectivity index (χ1v) is 6.98. The van der Waals surface area contributed by atoms with Gasteiger partial charge in [-0.25, -0.2) is 0 Å². The van der Waals surface area contributed by atoms with Crippen LogP contribution in [0.2, 0.25) is 0 Å². The van der Waals surface area contributed by atoms with Crippen LogP contribution in [0, 0.1) is 16.0 Å². The van der Waals surface area contributed by atoms with Gasteiger partial charge in [-0.15, -0.1) is 0 Å². The maximum absolute atomic E-state index is 9.21. The minimum atomic E-state index is 0.469. The van der Waals surface area contributed by atoms with Gasteiger partial charge in [-0.05, 0) is 17.2 Å². The molecule has 2 nitrogen and oxygen atoms in total. The van der Waals surface area contributed by atoms with Gasteiger partial charge < -0.3 is 4.98 Å². The Morgan fingerprint density at radius 3 is 2.00 bits per heavy atom. The maximum Gasteiger partial charge on any atom is 0.121 e. The second kappa shape index (κ2) is 5.74. The zero-order valence-electron chi connectivity index (χ0n) is 11.2. The Hall–Kier alpha value is -2.70. The summed E-state index contributed by atoms with van der Waals surface area (Å²) >= 11 is 5.27. The topological polar surface area (TPSA) is 39.6 Å². The molecule has 1 N–H and O–H groups in total. The largest absolute Gasteiger partial charge is 0.345 e. The molecule has 21 heavy (non-hydrogen) atoms. The predicted molar refractivity (Wildman–Crippen MR) is 87.2 cm³/mol. The minimum absolute atomic E-state index is 0.469. The molecule has 0 amide bonds. The van der Waals surface area contributed by atoms with Crippen molar-refractivity contribution in [1.29, 1.82) is 5.26 Å². The van der Waals surface area contributed by atoms with Crippen LogP contribution in [0.5, 0.6) is 0 Å². The fraction of sp³-hybridized carbons (Fsp3) is 0. The number of nitrogens with zero attached hydrogens (tertiary/aromatic N) is 1. The van der Waals surface area contributed by atoms with Gasteiger partial charge in [0.05, 0.1) is 11.3 Å². The fourth-order valence-corrected chi connectivity index (χ4v) is 2.50. The van der Waals surface area contributed by atoms with Gasteiger partial charge in [0.2, 0.25) is 0 Å². The molecule has 0 aliphatic rings. The van der Waals surface area contributed by atoms with Crippen LogP contribution in [0.3, 0.4) is 0 Å². The summed E-state index contributed by atoms with van der Waals surface area (Å²) in [5, 5.41) is 9.21. The Balaban J connectivity index is 2.32. The zero-order valence-corrected chi connectivity index (χ0v) is 12.0. The molecule has 0 saturated heterocycles. The molecule has 0 bridgehead atoms. The van der Waals surface area contributed by atoms with Crippen LogP contribution in [-0.4, -0.2) is 4.98 Å². The van der Waals surface area contributed by atoms with Crippen LogP contribution < -0.4 is 0 Å². The number of hydrogen-bond donors (Lipinski definition) is 1. The first kappa shape index (κ1) is 13.3. The molecule has 1 aromatic heterocycles. The van der Waals surface area contributed by atoms with Crippen LogP contribution in [0.15, 0.2) is 66.7 Å². The van der Waals surface area contributed by atoms with Crippen molar-refractivity contribution in [2.45, 2.75) is 0 Å². The van der Waals surface area contributed by atoms with E-state index in [2.05, 4.69) is 11.1 Å². The van der Waals surface area contributed by atoms with E-state index in [1.54, 1.807) is 0 Å². The lowest BCUT2D eigenvalue weighted by molar-refractivity contribution is 1.27. The number of benzene rings is 2. The Labute approximate surface area is 128 Å². The van der Waals surface area contributed by atoms with Crippen molar-refractivity contribution in [1.82, 2.24) is 4.98 Å². The molecule has 0 unspecified atom stereocenters. The molecule has 0 saturated carbocycles. The molecule has 0 spiro atoms. The summed E-state index contributed by atoms with van der Waals surface area (Å²) in [7, 11) is 0. The van der Waals surface area contributed by atoms with Gasteiger partial charge in [0.25, 0.3) is 0 Å². The third kappa shape index (κ3) is 2.62. The molecule has 100 valence electrons. The van der Waals surface area contributed by atoms with Crippen LogP contribution in [0.1, 0.15) is 5.56 Å². The van der Waals surface area contributed by atoms with Crippen molar-refractivity contribution in [2.24, 2.45) is 0 Å². The highest BCUT2D eigenvalue weighted by Gasteiger charge is 2.10. The Morgan fingerprint density at radius 1 is 0.857 bits per heavy atom. The summed E-state index contributed by atoms with van der Waals surface area (Å²) < 4.78 is 0.469. The molecule has 1 heterocycles. The maximum atomic E-state index is 9.21. The van der Waals surface area contributed by atoms with E-state index in [4.69, 9.17) is 12.2 Å². The summed E-state index contributed by atoms with van der Waals surface area (Å²) in [4.78, 5) is 3.20. The highest BCUT2D eigenvalue weighted by molar-refractivity contribution is 7.71. The van der Waals surface area contributed by atoms with E-state index in [1.165, 1.54) is 0 Å². The second-order valence-corrected chi connectivity index (χ2v) is 5.05. The van der Waals surface area contributed by atoms with Crippen LogP contribution in [0.25, 0.3) is 22.4 Å². The Bertz CT molecular complexity index is 859. The quantitative estimate of drug-likeness (QED) is 0.678. The Morgan fingerprint density at radius 2 is 1.43 bits per heavy atom. The van der Waals surface area contributed by atoms with Gasteiger partial charge in [-0.1, -0.05) is 72.9 Å². The summed E-state index contributed by atoms with van der Waals surface area (Å²) in [6, 6.07) is 24.0. The van der Waals surface area contributed by atoms with Gasteiger partial charge in [-0.3, -0.25) is 0 Å². The fourth-order valence-electron chi connectivity index (χ4n) is 2.29. The number of aromatic nitrogens is 1. The number of pyridine rings is 1. The molecule has 0 radical (unpaired) electrons. The van der Waals surface area contributed by atoms with Crippen molar-refractivity contribution in [3.8, 4) is 28.5 Å². The predicted octanol–water partition coefficient (Wildman–Crippen LogP) is 4.95. The molecule has 3 rings (SSSR count). The van der Waals surface area contributed by atoms with Crippen molar-refractivity contribution in [2.75, 3.05) is 0 Å². The van der Waals surface area contributed by atoms with Crippen molar-refractivity contribution in [3.63, 3.8) is 0 Å². The van der Waals surface area contributed by atoms with Crippen molar-refractivity contribution in [3.05, 3.63) is 76.9 Å². The highest BCUT2D eigenvalue weighted by Crippen LogP contribution is 2.31. The molecular weight excluding hydrogens is 276 g/mol. The normalized spacial score (nSPS) is 10.0. The average molecular weight is 288 g/mol. The SMILES string of the molecule is N#Cc1cc(-c2ccccc2)c(-c2ccccc2)[nH]c1=S. The van der Waals surface area contributed by atoms with Gasteiger partial charge in [0.15, 0.2) is 0 Å². The molecule has 3 heteroatoms. The van der Waals surface area contributed by atoms with E-state index in [1.807, 2.05) is 66.7 Å². The van der Waals surface area contributed by atoms with E-state index in [-0.39, 0.29) is 0 Å². The number of rotatable bonds is 2. The molecule has 0 atom stereocenters. The second-order valence-electron chi connectivity index (χ2n) is 4.64. The standard InChI is InChI=1S/C18H12N2S/c19-12-15-11-16(13-7-3-1-4-8-13)17(20-18(15)21)14-9-5-2-6-10-14/h1-11H,(H,20,21). The first-order valence-electron chi connectivity index (χ1n) is 6.58. The molecule has 0 aliphatic heterocycles. The molecule has 0 fully saturated rings. The molecule has 2 aromatic carbocycles. The molecular formula is C18H12N2S. The Kier molecular flexibility index (Phi) is 3.63. The lowest BCUT2D eigenvalue weighted by atomic mass is 9.98. The number of H-pyrrole nitrogens is 1. The first-order chi connectivity index (χ1) is 10.3. The lowest BCUT2D eigenvalue weighted by Gasteiger charge is -2.11.